The molecule has 0 saturated carbocycles. The van der Waals surface area contributed by atoms with E-state index in [1.807, 2.05) is 6.92 Å². The molecule has 1 aliphatic heterocycles. The first-order valence-corrected chi connectivity index (χ1v) is 7.23. The third kappa shape index (κ3) is 3.79. The lowest BCUT2D eigenvalue weighted by atomic mass is 10.3. The van der Waals surface area contributed by atoms with E-state index in [0.29, 0.717) is 15.8 Å². The van der Waals surface area contributed by atoms with Gasteiger partial charge in [0.15, 0.2) is 5.13 Å². The number of rotatable bonds is 3. The first-order valence-electron chi connectivity index (χ1n) is 6.42. The van der Waals surface area contributed by atoms with Crippen LogP contribution in [0.3, 0.4) is 0 Å². The van der Waals surface area contributed by atoms with Crippen LogP contribution in [0.15, 0.2) is 18.0 Å². The molecule has 0 spiro atoms. The number of hydrogen-bond donors (Lipinski definition) is 2. The van der Waals surface area contributed by atoms with Gasteiger partial charge in [0.2, 0.25) is 0 Å². The highest BCUT2D eigenvalue weighted by molar-refractivity contribution is 7.16. The van der Waals surface area contributed by atoms with E-state index in [2.05, 4.69) is 33.2 Å². The van der Waals surface area contributed by atoms with Crippen molar-refractivity contribution < 1.29 is 0 Å². The Bertz CT molecular complexity index is 547. The summed E-state index contributed by atoms with van der Waals surface area (Å²) in [5.74, 6) is 0.514. The Hall–Kier alpha value is -1.91. The number of likely N-dealkylation sites (N-methyl/N-ethyl adjacent to an activating group) is 1. The van der Waals surface area contributed by atoms with Crippen molar-refractivity contribution in [1.29, 1.82) is 10.7 Å². The normalized spacial score (nSPS) is 16.9. The van der Waals surface area contributed by atoms with Crippen LogP contribution in [-0.4, -0.2) is 53.8 Å². The molecule has 0 radical (unpaired) electrons. The van der Waals surface area contributed by atoms with Gasteiger partial charge >= 0.3 is 0 Å². The highest BCUT2D eigenvalue weighted by Gasteiger charge is 2.15. The molecule has 0 aliphatic carbocycles. The summed E-state index contributed by atoms with van der Waals surface area (Å²) in [6.45, 7) is 5.64. The number of allylic oxidation sites excluding steroid dienone is 1. The van der Waals surface area contributed by atoms with Gasteiger partial charge in [-0.1, -0.05) is 11.3 Å². The van der Waals surface area contributed by atoms with E-state index in [-0.39, 0.29) is 0 Å². The number of nitriles is 1. The lowest BCUT2D eigenvalue weighted by molar-refractivity contribution is 0.215. The zero-order chi connectivity index (χ0) is 14.5. The fourth-order valence-electron chi connectivity index (χ4n) is 1.93. The predicted molar refractivity (Wildman–Crippen MR) is 81.0 cm³/mol. The number of anilines is 1. The third-order valence-electron chi connectivity index (χ3n) is 3.12. The van der Waals surface area contributed by atoms with Gasteiger partial charge in [-0.25, -0.2) is 4.98 Å². The van der Waals surface area contributed by atoms with Gasteiger partial charge in [0, 0.05) is 31.9 Å². The van der Waals surface area contributed by atoms with Crippen molar-refractivity contribution in [3.05, 3.63) is 22.8 Å². The van der Waals surface area contributed by atoms with Gasteiger partial charge in [-0.3, -0.25) is 5.41 Å². The van der Waals surface area contributed by atoms with Gasteiger partial charge in [-0.2, -0.15) is 5.26 Å². The highest BCUT2D eigenvalue weighted by atomic mass is 32.1. The number of piperazine rings is 1. The average molecular weight is 290 g/mol. The largest absolute Gasteiger partial charge is 0.354 e. The Kier molecular flexibility index (Phi) is 4.71. The summed E-state index contributed by atoms with van der Waals surface area (Å²) in [6, 6.07) is 2.06. The number of nitrogens with one attached hydrogen (secondary N) is 2. The Morgan fingerprint density at radius 2 is 2.20 bits per heavy atom. The van der Waals surface area contributed by atoms with Crippen molar-refractivity contribution in [3.8, 4) is 6.07 Å². The average Bonchev–Trinajstić information content (AvgIpc) is 2.86. The molecule has 2 rings (SSSR count). The van der Waals surface area contributed by atoms with Gasteiger partial charge in [0.25, 0.3) is 0 Å². The molecule has 0 bridgehead atoms. The predicted octanol–water partition coefficient (Wildman–Crippen LogP) is 1.56. The molecule has 1 fully saturated rings. The van der Waals surface area contributed by atoms with Crippen LogP contribution < -0.4 is 5.32 Å². The van der Waals surface area contributed by atoms with Crippen LogP contribution in [0.25, 0.3) is 0 Å². The summed E-state index contributed by atoms with van der Waals surface area (Å²) in [5, 5.41) is 20.7. The molecule has 0 atom stereocenters. The van der Waals surface area contributed by atoms with Crippen LogP contribution in [0.5, 0.6) is 0 Å². The fraction of sp³-hybridized carbons (Fsp3) is 0.462. The Labute approximate surface area is 122 Å². The summed E-state index contributed by atoms with van der Waals surface area (Å²) in [4.78, 5) is 9.01. The molecule has 106 valence electrons. The summed E-state index contributed by atoms with van der Waals surface area (Å²) < 4.78 is 0. The van der Waals surface area contributed by atoms with Crippen molar-refractivity contribution in [2.24, 2.45) is 0 Å². The quantitative estimate of drug-likeness (QED) is 0.652. The van der Waals surface area contributed by atoms with Crippen molar-refractivity contribution in [2.75, 3.05) is 38.5 Å². The standard InChI is InChI=1S/C13H18N6S/c1-10(17-13-16-9-11(8-14)20-13)7-12(15)19-5-3-18(2)4-6-19/h7,9,15H,3-6H2,1-2H3,(H,16,17)/b10-7+,15-12?. The van der Waals surface area contributed by atoms with Gasteiger partial charge in [-0.05, 0) is 20.0 Å². The van der Waals surface area contributed by atoms with Crippen molar-refractivity contribution >= 4 is 22.3 Å². The molecule has 2 heterocycles. The minimum absolute atomic E-state index is 0.514. The Morgan fingerprint density at radius 3 is 2.80 bits per heavy atom. The molecule has 2 N–H and O–H groups in total. The lowest BCUT2D eigenvalue weighted by Crippen LogP contribution is -2.46. The summed E-state index contributed by atoms with van der Waals surface area (Å²) in [7, 11) is 2.10. The molecule has 0 aromatic carbocycles. The van der Waals surface area contributed by atoms with E-state index in [9.17, 15) is 0 Å². The molecule has 6 nitrogen and oxygen atoms in total. The van der Waals surface area contributed by atoms with Gasteiger partial charge < -0.3 is 15.1 Å². The second kappa shape index (κ2) is 6.50. The van der Waals surface area contributed by atoms with Crippen LogP contribution in [0.1, 0.15) is 11.8 Å². The molecule has 7 heteroatoms. The monoisotopic (exact) mass is 290 g/mol. The van der Waals surface area contributed by atoms with E-state index in [1.165, 1.54) is 11.3 Å². The molecule has 1 saturated heterocycles. The van der Waals surface area contributed by atoms with Crippen molar-refractivity contribution in [1.82, 2.24) is 14.8 Å². The second-order valence-electron chi connectivity index (χ2n) is 4.77. The molecular weight excluding hydrogens is 272 g/mol. The van der Waals surface area contributed by atoms with Gasteiger partial charge in [0.05, 0.1) is 6.20 Å². The number of nitrogens with zero attached hydrogens (tertiary/aromatic N) is 4. The van der Waals surface area contributed by atoms with Crippen LogP contribution >= 0.6 is 11.3 Å². The maximum absolute atomic E-state index is 8.76. The number of amidine groups is 1. The Morgan fingerprint density at radius 1 is 1.50 bits per heavy atom. The number of thiazole rings is 1. The van der Waals surface area contributed by atoms with Crippen molar-refractivity contribution in [3.63, 3.8) is 0 Å². The second-order valence-corrected chi connectivity index (χ2v) is 5.80. The molecule has 1 aromatic heterocycles. The maximum Gasteiger partial charge on any atom is 0.188 e. The Balaban J connectivity index is 1.92. The molecular formula is C13H18N6S. The van der Waals surface area contributed by atoms with Crippen LogP contribution in [0.4, 0.5) is 5.13 Å². The first kappa shape index (κ1) is 14.5. The van der Waals surface area contributed by atoms with Crippen molar-refractivity contribution in [2.45, 2.75) is 6.92 Å². The zero-order valence-corrected chi connectivity index (χ0v) is 12.5. The van der Waals surface area contributed by atoms with E-state index < -0.39 is 0 Å². The van der Waals surface area contributed by atoms with E-state index in [1.54, 1.807) is 12.3 Å². The highest BCUT2D eigenvalue weighted by Crippen LogP contribution is 2.18. The molecule has 0 amide bonds. The third-order valence-corrected chi connectivity index (χ3v) is 3.93. The fourth-order valence-corrected chi connectivity index (χ4v) is 2.61. The van der Waals surface area contributed by atoms with E-state index >= 15 is 0 Å². The minimum atomic E-state index is 0.514. The summed E-state index contributed by atoms with van der Waals surface area (Å²) in [6.07, 6.45) is 3.35. The minimum Gasteiger partial charge on any atom is -0.354 e. The van der Waals surface area contributed by atoms with Gasteiger partial charge in [0.1, 0.15) is 16.8 Å². The SMILES string of the molecule is C/C(=C\C(=N)N1CCN(C)CC1)Nc1ncc(C#N)s1. The van der Waals surface area contributed by atoms with Crippen LogP contribution in [0, 0.1) is 16.7 Å². The van der Waals surface area contributed by atoms with Crippen LogP contribution in [-0.2, 0) is 0 Å². The number of aromatic nitrogens is 1. The topological polar surface area (TPSA) is 79.0 Å². The number of hydrogen-bond acceptors (Lipinski definition) is 6. The molecule has 20 heavy (non-hydrogen) atoms. The zero-order valence-electron chi connectivity index (χ0n) is 11.7. The van der Waals surface area contributed by atoms with Crippen LogP contribution in [0.2, 0.25) is 0 Å². The molecule has 1 aliphatic rings. The summed E-state index contributed by atoms with van der Waals surface area (Å²) >= 11 is 1.31. The first-order chi connectivity index (χ1) is 9.58. The maximum atomic E-state index is 8.76. The molecule has 0 unspecified atom stereocenters. The van der Waals surface area contributed by atoms with Gasteiger partial charge in [-0.15, -0.1) is 0 Å². The van der Waals surface area contributed by atoms with E-state index in [4.69, 9.17) is 10.7 Å². The lowest BCUT2D eigenvalue weighted by Gasteiger charge is -2.33. The summed E-state index contributed by atoms with van der Waals surface area (Å²) in [5.41, 5.74) is 0.854. The van der Waals surface area contributed by atoms with E-state index in [0.717, 1.165) is 31.9 Å². The molecule has 1 aromatic rings. The smallest absolute Gasteiger partial charge is 0.188 e.